The Hall–Kier alpha value is -4.79. The number of thiophene rings is 1. The van der Waals surface area contributed by atoms with E-state index in [9.17, 15) is 19.2 Å². The number of rotatable bonds is 14. The van der Waals surface area contributed by atoms with Crippen LogP contribution in [0.5, 0.6) is 5.88 Å². The summed E-state index contributed by atoms with van der Waals surface area (Å²) in [4.78, 5) is 69.8. The average Bonchev–Trinajstić information content (AvgIpc) is 3.38. The van der Waals surface area contributed by atoms with Crippen molar-refractivity contribution in [2.45, 2.75) is 83.5 Å². The zero-order valence-electron chi connectivity index (χ0n) is 29.7. The lowest BCUT2D eigenvalue weighted by atomic mass is 9.99. The maximum absolute atomic E-state index is 14.2. The second kappa shape index (κ2) is 16.5. The fourth-order valence-electron chi connectivity index (χ4n) is 6.09. The minimum atomic E-state index is -0.906. The maximum atomic E-state index is 14.2. The number of aryl methyl sites for hydroxylation is 1. The highest BCUT2D eigenvalue weighted by molar-refractivity contribution is 7.17. The first-order valence-corrected chi connectivity index (χ1v) is 18.0. The molecule has 4 heterocycles. The predicted octanol–water partition coefficient (Wildman–Crippen LogP) is 5.61. The molecule has 272 valence electrons. The van der Waals surface area contributed by atoms with E-state index in [1.54, 1.807) is 38.7 Å². The summed E-state index contributed by atoms with van der Waals surface area (Å²) < 4.78 is 19.0. The number of nitrogens with zero attached hydrogens (tertiary/aromatic N) is 7. The molecule has 1 saturated carbocycles. The number of carbonyl (C=O) groups is 4. The zero-order valence-corrected chi connectivity index (χ0v) is 30.5. The molecule has 2 aliphatic rings. The number of aromatic nitrogens is 4. The van der Waals surface area contributed by atoms with E-state index in [4.69, 9.17) is 19.2 Å². The monoisotopic (exact) mass is 719 g/mol. The van der Waals surface area contributed by atoms with Crippen molar-refractivity contribution in [3.8, 4) is 17.4 Å². The first-order chi connectivity index (χ1) is 24.4. The third-order valence-corrected chi connectivity index (χ3v) is 9.66. The molecule has 3 unspecified atom stereocenters. The Balaban J connectivity index is 1.28. The molecule has 0 N–H and O–H groups in total. The number of carbonyl (C=O) groups excluding carboxylic acids is 4. The van der Waals surface area contributed by atoms with Crippen LogP contribution in [0.1, 0.15) is 65.7 Å². The van der Waals surface area contributed by atoms with E-state index in [0.717, 1.165) is 30.4 Å². The second-order valence-corrected chi connectivity index (χ2v) is 14.7. The Bertz CT molecular complexity index is 1810. The largest absolute Gasteiger partial charge is 0.471 e. The van der Waals surface area contributed by atoms with E-state index in [2.05, 4.69) is 38.9 Å². The summed E-state index contributed by atoms with van der Waals surface area (Å²) in [7, 11) is 3.21. The molecule has 15 heteroatoms. The summed E-state index contributed by atoms with van der Waals surface area (Å²) in [5.41, 5.74) is 0.662. The minimum Gasteiger partial charge on any atom is -0.471 e. The number of methoxy groups -OCH3 is 1. The predicted molar refractivity (Wildman–Crippen MR) is 193 cm³/mol. The number of ether oxygens (including phenoxy) is 3. The Morgan fingerprint density at radius 2 is 1.94 bits per heavy atom. The van der Waals surface area contributed by atoms with Gasteiger partial charge in [0.1, 0.15) is 28.1 Å². The average molecular weight is 720 g/mol. The van der Waals surface area contributed by atoms with Crippen LogP contribution in [0, 0.1) is 17.8 Å². The number of aliphatic imine (C=N–C) groups is 2. The molecular weight excluding hydrogens is 675 g/mol. The van der Waals surface area contributed by atoms with Crippen LogP contribution in [-0.4, -0.2) is 92.9 Å². The van der Waals surface area contributed by atoms with E-state index in [1.807, 2.05) is 17.5 Å². The van der Waals surface area contributed by atoms with Gasteiger partial charge in [-0.15, -0.1) is 11.3 Å². The lowest BCUT2D eigenvalue weighted by Crippen LogP contribution is -2.44. The molecule has 5 atom stereocenters. The van der Waals surface area contributed by atoms with Crippen LogP contribution in [0.4, 0.5) is 4.79 Å². The molecule has 0 radical (unpaired) electrons. The van der Waals surface area contributed by atoms with Crippen molar-refractivity contribution in [3.05, 3.63) is 35.9 Å². The Kier molecular flexibility index (Phi) is 12.1. The van der Waals surface area contributed by atoms with Crippen molar-refractivity contribution < 1.29 is 33.4 Å². The van der Waals surface area contributed by atoms with Crippen molar-refractivity contribution in [2.24, 2.45) is 34.8 Å². The number of allylic oxidation sites excluding steroid dienone is 2. The topological polar surface area (TPSA) is 168 Å². The Morgan fingerprint density at radius 1 is 1.14 bits per heavy atom. The number of esters is 1. The Labute approximate surface area is 301 Å². The van der Waals surface area contributed by atoms with Crippen LogP contribution < -0.4 is 4.74 Å². The molecule has 3 aromatic rings. The van der Waals surface area contributed by atoms with Gasteiger partial charge in [0.15, 0.2) is 5.82 Å². The maximum Gasteiger partial charge on any atom is 0.433 e. The normalized spacial score (nSPS) is 20.9. The van der Waals surface area contributed by atoms with Gasteiger partial charge in [0.05, 0.1) is 31.0 Å². The van der Waals surface area contributed by atoms with Gasteiger partial charge in [0.25, 0.3) is 5.91 Å². The number of fused-ring (bicyclic) bond motifs is 1. The van der Waals surface area contributed by atoms with Gasteiger partial charge in [0.2, 0.25) is 11.8 Å². The Morgan fingerprint density at radius 3 is 2.65 bits per heavy atom. The van der Waals surface area contributed by atoms with Crippen molar-refractivity contribution in [1.29, 1.82) is 0 Å². The van der Waals surface area contributed by atoms with Gasteiger partial charge >= 0.3 is 12.1 Å². The summed E-state index contributed by atoms with van der Waals surface area (Å²) >= 11 is 1.43. The van der Waals surface area contributed by atoms with Gasteiger partial charge in [-0.2, -0.15) is 15.1 Å². The van der Waals surface area contributed by atoms with Crippen LogP contribution in [0.2, 0.25) is 0 Å². The highest BCUT2D eigenvalue weighted by Crippen LogP contribution is 2.40. The van der Waals surface area contributed by atoms with Crippen LogP contribution in [0.25, 0.3) is 21.7 Å². The van der Waals surface area contributed by atoms with Gasteiger partial charge in [-0.25, -0.2) is 14.8 Å². The molecule has 51 heavy (non-hydrogen) atoms. The quantitative estimate of drug-likeness (QED) is 0.0885. The van der Waals surface area contributed by atoms with Crippen LogP contribution in [-0.2, 0) is 30.9 Å². The number of amides is 3. The summed E-state index contributed by atoms with van der Waals surface area (Å²) in [6, 6.07) is 2.78. The van der Waals surface area contributed by atoms with Gasteiger partial charge in [-0.05, 0) is 76.6 Å². The van der Waals surface area contributed by atoms with E-state index in [0.29, 0.717) is 35.8 Å². The van der Waals surface area contributed by atoms with E-state index in [1.165, 1.54) is 29.6 Å². The van der Waals surface area contributed by atoms with E-state index >= 15 is 0 Å². The summed E-state index contributed by atoms with van der Waals surface area (Å²) in [6.45, 7) is 8.73. The van der Waals surface area contributed by atoms with Crippen LogP contribution in [0.15, 0.2) is 45.8 Å². The molecule has 1 aliphatic heterocycles. The first-order valence-electron chi connectivity index (χ1n) is 17.1. The molecule has 14 nitrogen and oxygen atoms in total. The molecule has 3 aromatic heterocycles. The van der Waals surface area contributed by atoms with E-state index in [-0.39, 0.29) is 36.7 Å². The molecule has 1 aliphatic carbocycles. The molecule has 0 spiro atoms. The molecule has 3 amide bonds. The molecule has 1 saturated heterocycles. The van der Waals surface area contributed by atoms with E-state index < -0.39 is 35.7 Å². The summed E-state index contributed by atoms with van der Waals surface area (Å²) in [5.74, 6) is -0.875. The number of hydrogen-bond acceptors (Lipinski definition) is 11. The molecular formula is C36H45N7O7S. The smallest absolute Gasteiger partial charge is 0.433 e. The van der Waals surface area contributed by atoms with Crippen LogP contribution >= 0.6 is 11.3 Å². The third kappa shape index (κ3) is 9.72. The highest BCUT2D eigenvalue weighted by Gasteiger charge is 2.43. The van der Waals surface area contributed by atoms with Crippen molar-refractivity contribution in [2.75, 3.05) is 13.7 Å². The lowest BCUT2D eigenvalue weighted by molar-refractivity contribution is -0.142. The fourth-order valence-corrected chi connectivity index (χ4v) is 6.85. The van der Waals surface area contributed by atoms with Crippen molar-refractivity contribution in [3.63, 3.8) is 0 Å². The minimum absolute atomic E-state index is 0.0355. The number of unbranched alkanes of at least 4 members (excludes halogenated alkanes) is 3. The zero-order chi connectivity index (χ0) is 36.7. The molecule has 0 bridgehead atoms. The fraction of sp³-hybridized carbons (Fsp3) is 0.528. The number of likely N-dealkylation sites (tertiary alicyclic amines) is 1. The second-order valence-electron chi connectivity index (χ2n) is 13.8. The lowest BCUT2D eigenvalue weighted by Gasteiger charge is -2.25. The molecule has 5 rings (SSSR count). The van der Waals surface area contributed by atoms with Crippen LogP contribution in [0.3, 0.4) is 0 Å². The number of hydrogen-bond donors (Lipinski definition) is 0. The van der Waals surface area contributed by atoms with Gasteiger partial charge in [0, 0.05) is 25.9 Å². The SMILES string of the molecule is C=NC(=O)[C@@H]1CC(Oc2nc(-c3ccnn3C)nc3ccsc23)CN1C(=O)C(/C=N\C(=O)OC(C)(C)C)CCCCC/C=C\C1C[C@@H]1C(=O)OC. The van der Waals surface area contributed by atoms with Crippen molar-refractivity contribution >= 4 is 58.4 Å². The summed E-state index contributed by atoms with van der Waals surface area (Å²) in [6.07, 6.45) is 10.4. The van der Waals surface area contributed by atoms with Gasteiger partial charge in [-0.3, -0.25) is 19.1 Å². The summed E-state index contributed by atoms with van der Waals surface area (Å²) in [5, 5.41) is 6.12. The molecule has 0 aromatic carbocycles. The third-order valence-electron chi connectivity index (χ3n) is 8.77. The van der Waals surface area contributed by atoms with Gasteiger partial charge < -0.3 is 19.1 Å². The standard InChI is InChI=1S/C36H45N7O7S/c1-36(2,3)50-35(47)38-20-23(13-11-9-7-8-10-12-22-18-25(22)34(46)48-6)33(45)43-21-24(19-28(43)31(44)37-4)49-32-29-26(15-17-51-29)40-30(41-32)27-14-16-39-42(27)5/h10,12,14-17,20,22-25,28H,4,7-9,11,13,18-19,21H2,1-3,5-6H3/b12-10-,38-20-/t22?,23?,24?,25-,28-/m0/s1. The highest BCUT2D eigenvalue weighted by atomic mass is 32.1. The van der Waals surface area contributed by atoms with Gasteiger partial charge in [-0.1, -0.05) is 25.0 Å². The first kappa shape index (κ1) is 37.5. The van der Waals surface area contributed by atoms with Crippen molar-refractivity contribution in [1.82, 2.24) is 24.6 Å². The molecule has 2 fully saturated rings.